The smallest absolute Gasteiger partial charge is 0.223 e. The second-order valence-electron chi connectivity index (χ2n) is 7.50. The largest absolute Gasteiger partial charge is 0.346 e. The first kappa shape index (κ1) is 13.4. The fraction of sp³-hybridized carbons (Fsp3) is 0.938. The van der Waals surface area contributed by atoms with Crippen LogP contribution >= 0.6 is 0 Å². The summed E-state index contributed by atoms with van der Waals surface area (Å²) in [7, 11) is 1.88. The van der Waals surface area contributed by atoms with Crippen molar-refractivity contribution < 1.29 is 4.79 Å². The Hall–Kier alpha value is -0.570. The summed E-state index contributed by atoms with van der Waals surface area (Å²) in [6.07, 6.45) is 8.75. The summed E-state index contributed by atoms with van der Waals surface area (Å²) in [5.74, 6) is 2.97. The molecule has 3 heteroatoms. The highest BCUT2D eigenvalue weighted by molar-refractivity contribution is 5.76. The molecule has 4 aliphatic carbocycles. The monoisotopic (exact) mass is 264 g/mol. The van der Waals surface area contributed by atoms with E-state index in [-0.39, 0.29) is 11.9 Å². The van der Waals surface area contributed by atoms with Crippen molar-refractivity contribution in [1.82, 2.24) is 4.90 Å². The quantitative estimate of drug-likeness (QED) is 0.847. The van der Waals surface area contributed by atoms with Crippen LogP contribution in [-0.4, -0.2) is 30.4 Å². The number of rotatable bonds is 4. The zero-order valence-electron chi connectivity index (χ0n) is 12.4. The van der Waals surface area contributed by atoms with Crippen LogP contribution in [0, 0.1) is 23.2 Å². The first-order valence-corrected chi connectivity index (χ1v) is 8.02. The van der Waals surface area contributed by atoms with Crippen molar-refractivity contribution in [3.8, 4) is 0 Å². The third-order valence-corrected chi connectivity index (χ3v) is 6.17. The second-order valence-corrected chi connectivity index (χ2v) is 7.50. The van der Waals surface area contributed by atoms with Crippen molar-refractivity contribution >= 4 is 5.91 Å². The Kier molecular flexibility index (Phi) is 3.36. The van der Waals surface area contributed by atoms with E-state index in [1.54, 1.807) is 4.90 Å². The Morgan fingerprint density at radius 3 is 2.11 bits per heavy atom. The van der Waals surface area contributed by atoms with Gasteiger partial charge in [-0.3, -0.25) is 4.79 Å². The number of nitrogens with zero attached hydrogens (tertiary/aromatic N) is 1. The molecule has 4 bridgehead atoms. The molecule has 19 heavy (non-hydrogen) atoms. The van der Waals surface area contributed by atoms with Crippen LogP contribution in [0.3, 0.4) is 0 Å². The minimum absolute atomic E-state index is 0.0856. The lowest BCUT2D eigenvalue weighted by Gasteiger charge is -2.59. The van der Waals surface area contributed by atoms with Crippen molar-refractivity contribution in [3.63, 3.8) is 0 Å². The molecule has 4 fully saturated rings. The Morgan fingerprint density at radius 1 is 1.21 bits per heavy atom. The molecule has 1 unspecified atom stereocenters. The first-order chi connectivity index (χ1) is 9.02. The van der Waals surface area contributed by atoms with Gasteiger partial charge in [-0.25, -0.2) is 0 Å². The summed E-state index contributed by atoms with van der Waals surface area (Å²) in [5.41, 5.74) is 6.82. The predicted octanol–water partition coefficient (Wildman–Crippen LogP) is 2.40. The first-order valence-electron chi connectivity index (χ1n) is 8.02. The van der Waals surface area contributed by atoms with Crippen LogP contribution in [0.25, 0.3) is 0 Å². The lowest BCUT2D eigenvalue weighted by atomic mass is 9.47. The number of carbonyl (C=O) groups is 1. The molecule has 0 saturated heterocycles. The van der Waals surface area contributed by atoms with Crippen LogP contribution in [0.2, 0.25) is 0 Å². The minimum atomic E-state index is 0.0856. The molecule has 1 atom stereocenters. The molecule has 0 aromatic rings. The molecule has 1 amide bonds. The van der Waals surface area contributed by atoms with Crippen molar-refractivity contribution in [2.24, 2.45) is 28.9 Å². The van der Waals surface area contributed by atoms with Gasteiger partial charge in [0.15, 0.2) is 0 Å². The van der Waals surface area contributed by atoms with Gasteiger partial charge in [0.1, 0.15) is 0 Å². The molecule has 0 spiro atoms. The predicted molar refractivity (Wildman–Crippen MR) is 76.5 cm³/mol. The van der Waals surface area contributed by atoms with Gasteiger partial charge in [-0.15, -0.1) is 0 Å². The molecular formula is C16H28N2O. The van der Waals surface area contributed by atoms with Gasteiger partial charge in [0.2, 0.25) is 5.91 Å². The van der Waals surface area contributed by atoms with Gasteiger partial charge in [0.05, 0.1) is 0 Å². The van der Waals surface area contributed by atoms with Crippen LogP contribution in [-0.2, 0) is 4.79 Å². The number of carbonyl (C=O) groups excluding carboxylic acids is 1. The zero-order chi connectivity index (χ0) is 13.6. The normalized spacial score (nSPS) is 41.3. The van der Waals surface area contributed by atoms with Gasteiger partial charge < -0.3 is 10.6 Å². The summed E-state index contributed by atoms with van der Waals surface area (Å²) in [6, 6.07) is 0.0856. The Bertz CT molecular complexity index is 330. The maximum absolute atomic E-state index is 12.1. The molecule has 4 aliphatic rings. The van der Waals surface area contributed by atoms with E-state index in [0.29, 0.717) is 11.8 Å². The third kappa shape index (κ3) is 2.31. The van der Waals surface area contributed by atoms with Crippen LogP contribution < -0.4 is 5.73 Å². The Morgan fingerprint density at radius 2 is 1.68 bits per heavy atom. The molecular weight excluding hydrogens is 236 g/mol. The standard InChI is InChI=1S/C16H28N2O/c1-3-18(2)15(19)7-14(17)16-8-11-4-12(9-16)6-13(5-11)10-16/h11-14H,3-10,17H2,1-2H3. The number of nitrogens with two attached hydrogens (primary N) is 1. The third-order valence-electron chi connectivity index (χ3n) is 6.17. The van der Waals surface area contributed by atoms with Crippen molar-refractivity contribution in [2.75, 3.05) is 13.6 Å². The maximum Gasteiger partial charge on any atom is 0.223 e. The Balaban J connectivity index is 1.69. The Labute approximate surface area is 116 Å². The molecule has 0 aromatic heterocycles. The highest BCUT2D eigenvalue weighted by Gasteiger charge is 2.53. The van der Waals surface area contributed by atoms with Crippen LogP contribution in [0.15, 0.2) is 0 Å². The minimum Gasteiger partial charge on any atom is -0.346 e. The summed E-state index contributed by atoms with van der Waals surface area (Å²) in [4.78, 5) is 13.9. The van der Waals surface area contributed by atoms with E-state index >= 15 is 0 Å². The van der Waals surface area contributed by atoms with Gasteiger partial charge in [-0.1, -0.05) is 0 Å². The van der Waals surface area contributed by atoms with E-state index in [2.05, 4.69) is 0 Å². The number of amides is 1. The maximum atomic E-state index is 12.1. The summed E-state index contributed by atoms with van der Waals surface area (Å²) >= 11 is 0. The number of hydrogen-bond acceptors (Lipinski definition) is 2. The van der Waals surface area contributed by atoms with Gasteiger partial charge >= 0.3 is 0 Å². The molecule has 0 heterocycles. The average molecular weight is 264 g/mol. The fourth-order valence-electron chi connectivity index (χ4n) is 5.37. The van der Waals surface area contributed by atoms with Crippen LogP contribution in [0.5, 0.6) is 0 Å². The lowest BCUT2D eigenvalue weighted by molar-refractivity contribution is -0.133. The fourth-order valence-corrected chi connectivity index (χ4v) is 5.37. The van der Waals surface area contributed by atoms with E-state index in [9.17, 15) is 4.79 Å². The van der Waals surface area contributed by atoms with Crippen molar-refractivity contribution in [2.45, 2.75) is 57.9 Å². The van der Waals surface area contributed by atoms with E-state index in [1.165, 1.54) is 38.5 Å². The zero-order valence-corrected chi connectivity index (χ0v) is 12.4. The van der Waals surface area contributed by atoms with E-state index < -0.39 is 0 Å². The van der Waals surface area contributed by atoms with Gasteiger partial charge in [-0.05, 0) is 68.6 Å². The molecule has 2 N–H and O–H groups in total. The highest BCUT2D eigenvalue weighted by atomic mass is 16.2. The van der Waals surface area contributed by atoms with Gasteiger partial charge in [-0.2, -0.15) is 0 Å². The lowest BCUT2D eigenvalue weighted by Crippen LogP contribution is -2.55. The topological polar surface area (TPSA) is 46.3 Å². The molecule has 4 saturated carbocycles. The molecule has 0 aromatic carbocycles. The highest BCUT2D eigenvalue weighted by Crippen LogP contribution is 2.61. The van der Waals surface area contributed by atoms with Crippen molar-refractivity contribution in [1.29, 1.82) is 0 Å². The number of hydrogen-bond donors (Lipinski definition) is 1. The second kappa shape index (κ2) is 4.76. The summed E-state index contributed by atoms with van der Waals surface area (Å²) in [5, 5.41) is 0. The van der Waals surface area contributed by atoms with Crippen molar-refractivity contribution in [3.05, 3.63) is 0 Å². The van der Waals surface area contributed by atoms with Crippen LogP contribution in [0.1, 0.15) is 51.9 Å². The SMILES string of the molecule is CCN(C)C(=O)CC(N)C12CC3CC(CC(C3)C1)C2. The summed E-state index contributed by atoms with van der Waals surface area (Å²) in [6.45, 7) is 2.81. The van der Waals surface area contributed by atoms with E-state index in [0.717, 1.165) is 24.3 Å². The van der Waals surface area contributed by atoms with Crippen LogP contribution in [0.4, 0.5) is 0 Å². The molecule has 4 rings (SSSR count). The summed E-state index contributed by atoms with van der Waals surface area (Å²) < 4.78 is 0. The molecule has 108 valence electrons. The van der Waals surface area contributed by atoms with Gasteiger partial charge in [0.25, 0.3) is 0 Å². The van der Waals surface area contributed by atoms with E-state index in [1.807, 2.05) is 14.0 Å². The molecule has 0 aliphatic heterocycles. The molecule has 3 nitrogen and oxygen atoms in total. The average Bonchev–Trinajstić information content (AvgIpc) is 2.36. The van der Waals surface area contributed by atoms with Gasteiger partial charge in [0, 0.05) is 26.1 Å². The molecule has 0 radical (unpaired) electrons. The van der Waals surface area contributed by atoms with E-state index in [4.69, 9.17) is 5.73 Å².